The molecule has 3 aliphatic heterocycles. The molecule has 0 amide bonds. The van der Waals surface area contributed by atoms with Gasteiger partial charge in [-0.15, -0.1) is 0 Å². The van der Waals surface area contributed by atoms with Crippen molar-refractivity contribution in [3.8, 4) is 0 Å². The van der Waals surface area contributed by atoms with E-state index in [1.807, 2.05) is 0 Å². The van der Waals surface area contributed by atoms with Crippen molar-refractivity contribution in [2.24, 2.45) is 0 Å². The number of hydrogen-bond acceptors (Lipinski definition) is 3. The minimum absolute atomic E-state index is 0.00926. The highest BCUT2D eigenvalue weighted by molar-refractivity contribution is 5.77. The second kappa shape index (κ2) is 1.70. The highest BCUT2D eigenvalue weighted by Gasteiger charge is 2.35. The quantitative estimate of drug-likeness (QED) is 0.452. The van der Waals surface area contributed by atoms with Crippen LogP contribution in [-0.2, 0) is 9.53 Å². The fraction of sp³-hybridized carbons (Fsp3) is 0.833. The van der Waals surface area contributed by atoms with Crippen LogP contribution in [0.1, 0.15) is 12.8 Å². The summed E-state index contributed by atoms with van der Waals surface area (Å²) in [5.41, 5.74) is 0. The molecule has 0 aliphatic carbocycles. The average Bonchev–Trinajstić information content (AvgIpc) is 1.90. The molecule has 0 radical (unpaired) electrons. The molecular weight excluding hydrogens is 118 g/mol. The summed E-state index contributed by atoms with van der Waals surface area (Å²) < 4.78 is 4.98. The van der Waals surface area contributed by atoms with Gasteiger partial charge in [-0.25, -0.2) is 0 Å². The van der Waals surface area contributed by atoms with Crippen LogP contribution in [0.4, 0.5) is 0 Å². The third-order valence-electron chi connectivity index (χ3n) is 1.94. The summed E-state index contributed by atoms with van der Waals surface area (Å²) in [6.07, 6.45) is 2.18. The predicted molar refractivity (Wildman–Crippen MR) is 30.9 cm³/mol. The molecule has 0 unspecified atom stereocenters. The largest absolute Gasteiger partial charge is 0.460 e. The van der Waals surface area contributed by atoms with Gasteiger partial charge in [0.2, 0.25) is 0 Å². The summed E-state index contributed by atoms with van der Waals surface area (Å²) in [5.74, 6) is -0.0579. The van der Waals surface area contributed by atoms with Crippen molar-refractivity contribution < 1.29 is 9.53 Å². The van der Waals surface area contributed by atoms with Crippen molar-refractivity contribution in [3.05, 3.63) is 0 Å². The van der Waals surface area contributed by atoms with Crippen LogP contribution in [0.15, 0.2) is 0 Å². The number of carbonyl (C=O) groups is 1. The van der Waals surface area contributed by atoms with Crippen molar-refractivity contribution in [2.45, 2.75) is 25.0 Å². The van der Waals surface area contributed by atoms with Crippen LogP contribution >= 0.6 is 0 Å². The molecule has 0 aromatic rings. The summed E-state index contributed by atoms with van der Waals surface area (Å²) in [7, 11) is 0. The van der Waals surface area contributed by atoms with Gasteiger partial charge in [-0.05, 0) is 12.8 Å². The smallest absolute Gasteiger partial charge is 0.323 e. The van der Waals surface area contributed by atoms with Crippen LogP contribution in [0, 0.1) is 0 Å². The Morgan fingerprint density at radius 1 is 1.56 bits per heavy atom. The number of piperidine rings is 1. The predicted octanol–water partition coefficient (Wildman–Crippen LogP) is -0.336. The van der Waals surface area contributed by atoms with Gasteiger partial charge >= 0.3 is 5.97 Å². The zero-order valence-corrected chi connectivity index (χ0v) is 5.09. The Morgan fingerprint density at radius 3 is 2.67 bits per heavy atom. The summed E-state index contributed by atoms with van der Waals surface area (Å²) in [6, 6.07) is 0.00926. The SMILES string of the molecule is O=C1O[C@@H]2CC[C@H]1NC2. The van der Waals surface area contributed by atoms with E-state index in [4.69, 9.17) is 4.74 Å². The molecule has 3 saturated heterocycles. The maximum Gasteiger partial charge on any atom is 0.323 e. The van der Waals surface area contributed by atoms with Crippen LogP contribution in [-0.4, -0.2) is 24.7 Å². The van der Waals surface area contributed by atoms with Crippen molar-refractivity contribution in [3.63, 3.8) is 0 Å². The van der Waals surface area contributed by atoms with E-state index >= 15 is 0 Å². The average molecular weight is 127 g/mol. The Kier molecular flexibility index (Phi) is 0.990. The summed E-state index contributed by atoms with van der Waals surface area (Å²) >= 11 is 0. The van der Waals surface area contributed by atoms with E-state index in [2.05, 4.69) is 5.32 Å². The molecule has 3 heterocycles. The fourth-order valence-electron chi connectivity index (χ4n) is 1.38. The minimum Gasteiger partial charge on any atom is -0.460 e. The van der Waals surface area contributed by atoms with Gasteiger partial charge in [0.05, 0.1) is 0 Å². The highest BCUT2D eigenvalue weighted by Crippen LogP contribution is 2.19. The van der Waals surface area contributed by atoms with Gasteiger partial charge in [0, 0.05) is 6.54 Å². The van der Waals surface area contributed by atoms with E-state index in [1.54, 1.807) is 0 Å². The normalized spacial score (nSPS) is 40.7. The molecule has 3 nitrogen and oxygen atoms in total. The molecule has 0 spiro atoms. The van der Waals surface area contributed by atoms with Gasteiger partial charge in [-0.1, -0.05) is 0 Å². The second-order valence-corrected chi connectivity index (χ2v) is 2.60. The molecule has 3 aliphatic rings. The topological polar surface area (TPSA) is 38.3 Å². The van der Waals surface area contributed by atoms with Crippen molar-refractivity contribution in [1.29, 1.82) is 0 Å². The van der Waals surface area contributed by atoms with E-state index in [0.717, 1.165) is 19.4 Å². The molecule has 50 valence electrons. The number of nitrogens with one attached hydrogen (secondary N) is 1. The summed E-state index contributed by atoms with van der Waals surface area (Å²) in [5, 5.41) is 3.09. The monoisotopic (exact) mass is 127 g/mol. The lowest BCUT2D eigenvalue weighted by Crippen LogP contribution is -2.54. The first-order chi connectivity index (χ1) is 4.36. The van der Waals surface area contributed by atoms with E-state index in [0.29, 0.717) is 0 Å². The molecular formula is C6H9NO2. The van der Waals surface area contributed by atoms with E-state index in [1.165, 1.54) is 0 Å². The van der Waals surface area contributed by atoms with Crippen molar-refractivity contribution in [1.82, 2.24) is 5.32 Å². The van der Waals surface area contributed by atoms with Crippen molar-refractivity contribution >= 4 is 5.97 Å². The number of ether oxygens (including phenoxy) is 1. The molecule has 3 heteroatoms. The second-order valence-electron chi connectivity index (χ2n) is 2.60. The Bertz CT molecular complexity index is 138. The molecule has 0 saturated carbocycles. The molecule has 0 aromatic carbocycles. The molecule has 3 rings (SSSR count). The zero-order valence-electron chi connectivity index (χ0n) is 5.09. The summed E-state index contributed by atoms with van der Waals surface area (Å²) in [4.78, 5) is 10.8. The van der Waals surface area contributed by atoms with E-state index in [-0.39, 0.29) is 18.1 Å². The first-order valence-electron chi connectivity index (χ1n) is 3.30. The Morgan fingerprint density at radius 2 is 2.44 bits per heavy atom. The number of esters is 1. The van der Waals surface area contributed by atoms with Gasteiger partial charge < -0.3 is 10.1 Å². The number of morpholine rings is 1. The lowest BCUT2D eigenvalue weighted by atomic mass is 9.99. The maximum absolute atomic E-state index is 10.8. The maximum atomic E-state index is 10.8. The van der Waals surface area contributed by atoms with Crippen LogP contribution < -0.4 is 5.32 Å². The molecule has 1 N–H and O–H groups in total. The van der Waals surface area contributed by atoms with Crippen molar-refractivity contribution in [2.75, 3.05) is 6.54 Å². The first kappa shape index (κ1) is 5.23. The highest BCUT2D eigenvalue weighted by atomic mass is 16.5. The Balaban J connectivity index is 2.15. The first-order valence-corrected chi connectivity index (χ1v) is 3.30. The lowest BCUT2D eigenvalue weighted by molar-refractivity contribution is -0.162. The molecule has 2 atom stereocenters. The van der Waals surface area contributed by atoms with E-state index < -0.39 is 0 Å². The zero-order chi connectivity index (χ0) is 6.27. The van der Waals surface area contributed by atoms with Gasteiger partial charge in [-0.2, -0.15) is 0 Å². The third kappa shape index (κ3) is 0.721. The number of fused-ring (bicyclic) bond motifs is 3. The Labute approximate surface area is 53.4 Å². The molecule has 9 heavy (non-hydrogen) atoms. The van der Waals surface area contributed by atoms with Gasteiger partial charge in [0.25, 0.3) is 0 Å². The number of carbonyl (C=O) groups excluding carboxylic acids is 1. The lowest BCUT2D eigenvalue weighted by Gasteiger charge is -2.35. The van der Waals surface area contributed by atoms with Gasteiger partial charge in [0.1, 0.15) is 12.1 Å². The van der Waals surface area contributed by atoms with Gasteiger partial charge in [0.15, 0.2) is 0 Å². The molecule has 0 aromatic heterocycles. The molecule has 2 bridgehead atoms. The molecule has 3 fully saturated rings. The van der Waals surface area contributed by atoms with Crippen LogP contribution in [0.25, 0.3) is 0 Å². The third-order valence-corrected chi connectivity index (χ3v) is 1.94. The fourth-order valence-corrected chi connectivity index (χ4v) is 1.38. The van der Waals surface area contributed by atoms with Gasteiger partial charge in [-0.3, -0.25) is 4.79 Å². The summed E-state index contributed by atoms with van der Waals surface area (Å²) in [6.45, 7) is 0.858. The number of hydrogen-bond donors (Lipinski definition) is 1. The minimum atomic E-state index is -0.0579. The van der Waals surface area contributed by atoms with Crippen LogP contribution in [0.3, 0.4) is 0 Å². The van der Waals surface area contributed by atoms with Crippen LogP contribution in [0.2, 0.25) is 0 Å². The Hall–Kier alpha value is -0.570. The van der Waals surface area contributed by atoms with E-state index in [9.17, 15) is 4.79 Å². The van der Waals surface area contributed by atoms with Crippen LogP contribution in [0.5, 0.6) is 0 Å². The number of rotatable bonds is 0. The standard InChI is InChI=1S/C6H9NO2/c8-6-5-2-1-4(9-6)3-7-5/h4-5,7H,1-3H2/t4-,5-/m1/s1.